The quantitative estimate of drug-likeness (QED) is 0.686. The van der Waals surface area contributed by atoms with Crippen LogP contribution in [0.25, 0.3) is 0 Å². The lowest BCUT2D eigenvalue weighted by atomic mass is 10.3. The molecule has 0 spiro atoms. The summed E-state index contributed by atoms with van der Waals surface area (Å²) in [4.78, 5) is 11.0. The van der Waals surface area contributed by atoms with E-state index in [0.717, 1.165) is 5.92 Å². The van der Waals surface area contributed by atoms with Crippen LogP contribution in [0.3, 0.4) is 0 Å². The van der Waals surface area contributed by atoms with Crippen molar-refractivity contribution in [3.8, 4) is 0 Å². The van der Waals surface area contributed by atoms with Crippen molar-refractivity contribution in [3.05, 3.63) is 21.2 Å². The van der Waals surface area contributed by atoms with Gasteiger partial charge in [-0.15, -0.1) is 0 Å². The van der Waals surface area contributed by atoms with E-state index in [1.807, 2.05) is 39.3 Å². The monoisotopic (exact) mass is 242 g/mol. The highest BCUT2D eigenvalue weighted by Gasteiger charge is 1.98. The van der Waals surface area contributed by atoms with Crippen LogP contribution < -0.4 is 4.87 Å². The summed E-state index contributed by atoms with van der Waals surface area (Å²) in [5.74, 6) is 0.833. The highest BCUT2D eigenvalue weighted by Crippen LogP contribution is 2.00. The van der Waals surface area contributed by atoms with Crippen molar-refractivity contribution >= 4 is 19.7 Å². The Morgan fingerprint density at radius 2 is 1.50 bits per heavy atom. The number of hydrogen-bond acceptors (Lipinski definition) is 2. The first kappa shape index (κ1) is 20.9. The lowest BCUT2D eigenvalue weighted by Crippen LogP contribution is -2.13. The lowest BCUT2D eigenvalue weighted by molar-refractivity contribution is 0.591. The SMILES string of the molecule is CC.CC(C)C.CC(C)n1ccsc1=O.[B]. The number of rotatable bonds is 1. The molecule has 0 unspecified atom stereocenters. The number of hydrogen-bond donors (Lipinski definition) is 0. The normalized spacial score (nSPS) is 8.56. The first-order valence-electron chi connectivity index (χ1n) is 5.60. The molecule has 4 heteroatoms. The average Bonchev–Trinajstić information content (AvgIpc) is 2.54. The van der Waals surface area contributed by atoms with Gasteiger partial charge >= 0.3 is 4.87 Å². The summed E-state index contributed by atoms with van der Waals surface area (Å²) in [7, 11) is 0. The van der Waals surface area contributed by atoms with Gasteiger partial charge in [-0.25, -0.2) is 0 Å². The van der Waals surface area contributed by atoms with E-state index in [9.17, 15) is 4.79 Å². The fourth-order valence-corrected chi connectivity index (χ4v) is 1.36. The maximum atomic E-state index is 10.8. The summed E-state index contributed by atoms with van der Waals surface area (Å²) in [6.07, 6.45) is 1.82. The van der Waals surface area contributed by atoms with E-state index >= 15 is 0 Å². The van der Waals surface area contributed by atoms with Crippen molar-refractivity contribution in [2.24, 2.45) is 5.92 Å². The van der Waals surface area contributed by atoms with Gasteiger partial charge in [0.15, 0.2) is 0 Å². The highest BCUT2D eigenvalue weighted by atomic mass is 32.1. The van der Waals surface area contributed by atoms with E-state index < -0.39 is 0 Å². The van der Waals surface area contributed by atoms with Gasteiger partial charge in [-0.1, -0.05) is 46.0 Å². The molecule has 0 aliphatic heterocycles. The molecule has 0 aliphatic rings. The fourth-order valence-electron chi connectivity index (χ4n) is 0.659. The maximum Gasteiger partial charge on any atom is 0.307 e. The number of aromatic nitrogens is 1. The van der Waals surface area contributed by atoms with E-state index in [1.165, 1.54) is 11.3 Å². The van der Waals surface area contributed by atoms with Gasteiger partial charge in [-0.05, 0) is 19.8 Å². The molecule has 2 nitrogen and oxygen atoms in total. The van der Waals surface area contributed by atoms with Gasteiger partial charge in [-0.2, -0.15) is 0 Å². The van der Waals surface area contributed by atoms with Crippen LogP contribution >= 0.6 is 11.3 Å². The van der Waals surface area contributed by atoms with Crippen LogP contribution in [0, 0.1) is 5.92 Å². The predicted molar refractivity (Wildman–Crippen MR) is 76.6 cm³/mol. The first-order chi connectivity index (χ1) is 6.95. The third-order valence-corrected chi connectivity index (χ3v) is 1.83. The van der Waals surface area contributed by atoms with Crippen molar-refractivity contribution in [2.45, 2.75) is 54.5 Å². The Balaban J connectivity index is -0.000000209. The minimum Gasteiger partial charge on any atom is -0.303 e. The molecule has 0 saturated carbocycles. The molecule has 1 aromatic rings. The Hall–Kier alpha value is -0.505. The van der Waals surface area contributed by atoms with E-state index in [2.05, 4.69) is 20.8 Å². The van der Waals surface area contributed by atoms with Crippen molar-refractivity contribution in [1.82, 2.24) is 4.57 Å². The van der Waals surface area contributed by atoms with Gasteiger partial charge in [0.25, 0.3) is 0 Å². The largest absolute Gasteiger partial charge is 0.307 e. The second kappa shape index (κ2) is 12.6. The predicted octanol–water partition coefficient (Wildman–Crippen LogP) is 3.80. The van der Waals surface area contributed by atoms with Gasteiger partial charge < -0.3 is 4.57 Å². The van der Waals surface area contributed by atoms with Crippen molar-refractivity contribution < 1.29 is 0 Å². The zero-order chi connectivity index (χ0) is 12.4. The summed E-state index contributed by atoms with van der Waals surface area (Å²) in [6.45, 7) is 14.5. The van der Waals surface area contributed by atoms with Crippen molar-refractivity contribution in [1.29, 1.82) is 0 Å². The van der Waals surface area contributed by atoms with Crippen LogP contribution in [0.15, 0.2) is 16.4 Å². The second-order valence-corrected chi connectivity index (χ2v) is 4.76. The molecule has 1 rings (SSSR count). The Morgan fingerprint density at radius 1 is 1.12 bits per heavy atom. The third-order valence-electron chi connectivity index (χ3n) is 1.16. The summed E-state index contributed by atoms with van der Waals surface area (Å²) in [5.41, 5.74) is 0. The number of nitrogens with zero attached hydrogens (tertiary/aromatic N) is 1. The molecule has 0 atom stereocenters. The van der Waals surface area contributed by atoms with Gasteiger partial charge in [0.1, 0.15) is 0 Å². The lowest BCUT2D eigenvalue weighted by Gasteiger charge is -2.01. The van der Waals surface area contributed by atoms with Crippen molar-refractivity contribution in [2.75, 3.05) is 0 Å². The molecule has 1 aromatic heterocycles. The Labute approximate surface area is 106 Å². The molecule has 0 N–H and O–H groups in total. The van der Waals surface area contributed by atoms with Crippen LogP contribution in [0.2, 0.25) is 0 Å². The molecule has 0 aromatic carbocycles. The minimum absolute atomic E-state index is 0. The summed E-state index contributed by atoms with van der Waals surface area (Å²) in [5, 5.41) is 1.81. The van der Waals surface area contributed by atoms with Crippen LogP contribution in [0.4, 0.5) is 0 Å². The summed E-state index contributed by atoms with van der Waals surface area (Å²) >= 11 is 1.24. The molecule has 16 heavy (non-hydrogen) atoms. The van der Waals surface area contributed by atoms with E-state index in [-0.39, 0.29) is 13.3 Å². The van der Waals surface area contributed by atoms with Gasteiger partial charge in [0, 0.05) is 26.0 Å². The van der Waals surface area contributed by atoms with Crippen LogP contribution in [0.5, 0.6) is 0 Å². The smallest absolute Gasteiger partial charge is 0.303 e. The van der Waals surface area contributed by atoms with Crippen molar-refractivity contribution in [3.63, 3.8) is 0 Å². The van der Waals surface area contributed by atoms with Crippen LogP contribution in [0.1, 0.15) is 54.5 Å². The molecule has 0 aliphatic carbocycles. The molecule has 93 valence electrons. The zero-order valence-electron chi connectivity index (χ0n) is 11.7. The maximum absolute atomic E-state index is 10.8. The molecule has 0 bridgehead atoms. The van der Waals surface area contributed by atoms with Gasteiger partial charge in [0.05, 0.1) is 0 Å². The van der Waals surface area contributed by atoms with E-state index in [1.54, 1.807) is 4.57 Å². The molecule has 0 amide bonds. The summed E-state index contributed by atoms with van der Waals surface area (Å²) < 4.78 is 1.71. The van der Waals surface area contributed by atoms with Crippen LogP contribution in [-0.4, -0.2) is 13.0 Å². The molecular weight excluding hydrogens is 217 g/mol. The average molecular weight is 242 g/mol. The number of thiazole rings is 1. The van der Waals surface area contributed by atoms with Gasteiger partial charge in [-0.3, -0.25) is 4.79 Å². The van der Waals surface area contributed by atoms with Gasteiger partial charge in [0.2, 0.25) is 0 Å². The molecular formula is C12H25BNOS. The highest BCUT2D eigenvalue weighted by molar-refractivity contribution is 7.07. The third kappa shape index (κ3) is 11.6. The molecule has 0 saturated heterocycles. The topological polar surface area (TPSA) is 22.0 Å². The fraction of sp³-hybridized carbons (Fsp3) is 0.750. The first-order valence-corrected chi connectivity index (χ1v) is 6.48. The summed E-state index contributed by atoms with van der Waals surface area (Å²) in [6, 6.07) is 0.295. The Bertz CT molecular complexity index is 276. The standard InChI is InChI=1S/C6H9NOS.C4H10.C2H6.B/c1-5(2)7-3-4-9-6(7)8;1-4(2)3;1-2;/h3-5H,1-2H3;4H,1-3H3;1-2H3;. The Kier molecular flexibility index (Phi) is 16.4. The van der Waals surface area contributed by atoms with E-state index in [4.69, 9.17) is 0 Å². The molecule has 0 fully saturated rings. The van der Waals surface area contributed by atoms with E-state index in [0.29, 0.717) is 6.04 Å². The second-order valence-electron chi connectivity index (χ2n) is 3.90. The molecule has 3 radical (unpaired) electrons. The molecule has 1 heterocycles. The zero-order valence-corrected chi connectivity index (χ0v) is 12.5. The Morgan fingerprint density at radius 3 is 1.62 bits per heavy atom. The van der Waals surface area contributed by atoms with Crippen LogP contribution in [-0.2, 0) is 0 Å². The minimum atomic E-state index is 0.